The van der Waals surface area contributed by atoms with Crippen LogP contribution >= 0.6 is 11.6 Å². The minimum Gasteiger partial charge on any atom is -0.329 e. The Bertz CT molecular complexity index is 495. The summed E-state index contributed by atoms with van der Waals surface area (Å²) in [5.74, 6) is 0.378. The van der Waals surface area contributed by atoms with E-state index in [1.165, 1.54) is 6.07 Å². The van der Waals surface area contributed by atoms with E-state index in [0.717, 1.165) is 0 Å². The molecule has 2 rings (SSSR count). The quantitative estimate of drug-likeness (QED) is 0.721. The van der Waals surface area contributed by atoms with E-state index >= 15 is 0 Å². The maximum atomic E-state index is 11.0. The Kier molecular flexibility index (Phi) is 2.28. The smallest absolute Gasteiger partial charge is 0.274 e. The highest BCUT2D eigenvalue weighted by Crippen LogP contribution is 2.10. The third kappa shape index (κ3) is 1.80. The minimum absolute atomic E-state index is 0.255. The van der Waals surface area contributed by atoms with Crippen molar-refractivity contribution in [3.63, 3.8) is 0 Å². The van der Waals surface area contributed by atoms with Gasteiger partial charge < -0.3 is 4.98 Å². The predicted molar refractivity (Wildman–Crippen MR) is 53.1 cm³/mol. The molecular formula is C9H6ClN3O. The SMILES string of the molecule is O=c1cc(Cl)[nH]c(-c2ccccn2)n1. The van der Waals surface area contributed by atoms with Gasteiger partial charge in [0.1, 0.15) is 10.8 Å². The van der Waals surface area contributed by atoms with Gasteiger partial charge >= 0.3 is 0 Å². The van der Waals surface area contributed by atoms with E-state index in [2.05, 4.69) is 15.0 Å². The van der Waals surface area contributed by atoms with Crippen LogP contribution in [0.25, 0.3) is 11.5 Å². The summed E-state index contributed by atoms with van der Waals surface area (Å²) in [5.41, 5.74) is 0.210. The lowest BCUT2D eigenvalue weighted by molar-refractivity contribution is 1.10. The van der Waals surface area contributed by atoms with Crippen molar-refractivity contribution in [2.24, 2.45) is 0 Å². The number of halogens is 1. The maximum Gasteiger partial charge on any atom is 0.274 e. The van der Waals surface area contributed by atoms with Gasteiger partial charge in [-0.2, -0.15) is 4.98 Å². The molecule has 0 bridgehead atoms. The van der Waals surface area contributed by atoms with Crippen LogP contribution in [0, 0.1) is 0 Å². The van der Waals surface area contributed by atoms with Gasteiger partial charge in [-0.1, -0.05) is 17.7 Å². The molecule has 0 fully saturated rings. The van der Waals surface area contributed by atoms with Gasteiger partial charge in [0.15, 0.2) is 5.82 Å². The molecule has 4 nitrogen and oxygen atoms in total. The summed E-state index contributed by atoms with van der Waals surface area (Å²) in [6.45, 7) is 0. The zero-order valence-electron chi connectivity index (χ0n) is 7.07. The molecule has 0 amide bonds. The number of rotatable bonds is 1. The number of hydrogen-bond donors (Lipinski definition) is 1. The molecule has 70 valence electrons. The van der Waals surface area contributed by atoms with Crippen LogP contribution in [0.2, 0.25) is 5.15 Å². The fourth-order valence-electron chi connectivity index (χ4n) is 1.05. The summed E-state index contributed by atoms with van der Waals surface area (Å²) >= 11 is 5.68. The Morgan fingerprint density at radius 3 is 2.86 bits per heavy atom. The molecule has 0 aliphatic heterocycles. The van der Waals surface area contributed by atoms with Gasteiger partial charge in [0, 0.05) is 12.3 Å². The highest BCUT2D eigenvalue weighted by atomic mass is 35.5. The number of aromatic nitrogens is 3. The summed E-state index contributed by atoms with van der Waals surface area (Å²) in [7, 11) is 0. The van der Waals surface area contributed by atoms with E-state index in [1.54, 1.807) is 18.3 Å². The van der Waals surface area contributed by atoms with Gasteiger partial charge in [-0.15, -0.1) is 0 Å². The number of H-pyrrole nitrogens is 1. The lowest BCUT2D eigenvalue weighted by Crippen LogP contribution is -2.07. The lowest BCUT2D eigenvalue weighted by Gasteiger charge is -1.98. The highest BCUT2D eigenvalue weighted by molar-refractivity contribution is 6.29. The first-order valence-corrected chi connectivity index (χ1v) is 4.32. The Morgan fingerprint density at radius 1 is 1.36 bits per heavy atom. The van der Waals surface area contributed by atoms with E-state index in [-0.39, 0.29) is 10.7 Å². The zero-order chi connectivity index (χ0) is 9.97. The standard InChI is InChI=1S/C9H6ClN3O/c10-7-5-8(14)13-9(12-7)6-3-1-2-4-11-6/h1-5H,(H,12,13,14). The average Bonchev–Trinajstić information content (AvgIpc) is 2.18. The van der Waals surface area contributed by atoms with Crippen LogP contribution in [0.3, 0.4) is 0 Å². The second kappa shape index (κ2) is 3.59. The van der Waals surface area contributed by atoms with Gasteiger partial charge in [-0.3, -0.25) is 9.78 Å². The fourth-order valence-corrected chi connectivity index (χ4v) is 1.24. The number of nitrogens with one attached hydrogen (secondary N) is 1. The number of hydrogen-bond acceptors (Lipinski definition) is 3. The molecule has 0 saturated heterocycles. The molecule has 0 unspecified atom stereocenters. The molecule has 0 radical (unpaired) electrons. The van der Waals surface area contributed by atoms with E-state index in [4.69, 9.17) is 11.6 Å². The third-order valence-electron chi connectivity index (χ3n) is 1.62. The predicted octanol–water partition coefficient (Wildman–Crippen LogP) is 1.49. The van der Waals surface area contributed by atoms with Crippen molar-refractivity contribution >= 4 is 11.6 Å². The van der Waals surface area contributed by atoms with Crippen LogP contribution in [0.15, 0.2) is 35.3 Å². The molecule has 0 aliphatic rings. The van der Waals surface area contributed by atoms with Crippen molar-refractivity contribution in [1.82, 2.24) is 15.0 Å². The summed E-state index contributed by atoms with van der Waals surface area (Å²) in [4.78, 5) is 21.6. The van der Waals surface area contributed by atoms with Crippen LogP contribution in [-0.4, -0.2) is 15.0 Å². The van der Waals surface area contributed by atoms with Crippen LogP contribution in [0.5, 0.6) is 0 Å². The Morgan fingerprint density at radius 2 is 2.21 bits per heavy atom. The van der Waals surface area contributed by atoms with Crippen molar-refractivity contribution in [1.29, 1.82) is 0 Å². The molecule has 0 saturated carbocycles. The van der Waals surface area contributed by atoms with E-state index in [9.17, 15) is 4.79 Å². The Labute approximate surface area is 84.6 Å². The normalized spacial score (nSPS) is 10.1. The lowest BCUT2D eigenvalue weighted by atomic mass is 10.3. The summed E-state index contributed by atoms with van der Waals surface area (Å²) in [6.07, 6.45) is 1.62. The topological polar surface area (TPSA) is 58.6 Å². The van der Waals surface area contributed by atoms with Gasteiger partial charge in [0.25, 0.3) is 5.56 Å². The fraction of sp³-hybridized carbons (Fsp3) is 0. The van der Waals surface area contributed by atoms with E-state index < -0.39 is 0 Å². The van der Waals surface area contributed by atoms with Crippen molar-refractivity contribution in [2.45, 2.75) is 0 Å². The van der Waals surface area contributed by atoms with Gasteiger partial charge in [-0.05, 0) is 12.1 Å². The van der Waals surface area contributed by atoms with E-state index in [1.807, 2.05) is 6.07 Å². The number of nitrogens with zero attached hydrogens (tertiary/aromatic N) is 2. The molecule has 2 aromatic rings. The molecule has 0 aromatic carbocycles. The van der Waals surface area contributed by atoms with Crippen molar-refractivity contribution in [3.05, 3.63) is 46.0 Å². The Hall–Kier alpha value is -1.68. The summed E-state index contributed by atoms with van der Waals surface area (Å²) < 4.78 is 0. The van der Waals surface area contributed by atoms with Crippen molar-refractivity contribution in [2.75, 3.05) is 0 Å². The first kappa shape index (κ1) is 8.90. The zero-order valence-corrected chi connectivity index (χ0v) is 7.82. The number of pyridine rings is 1. The first-order valence-electron chi connectivity index (χ1n) is 3.94. The molecule has 0 aliphatic carbocycles. The Balaban J connectivity index is 2.58. The van der Waals surface area contributed by atoms with Crippen LogP contribution in [-0.2, 0) is 0 Å². The maximum absolute atomic E-state index is 11.0. The molecule has 0 spiro atoms. The van der Waals surface area contributed by atoms with Crippen molar-refractivity contribution < 1.29 is 0 Å². The molecule has 0 atom stereocenters. The monoisotopic (exact) mass is 207 g/mol. The second-order valence-corrected chi connectivity index (χ2v) is 3.04. The van der Waals surface area contributed by atoms with Gasteiger partial charge in [0.05, 0.1) is 0 Å². The summed E-state index contributed by atoms with van der Waals surface area (Å²) in [6, 6.07) is 6.55. The molecule has 1 N–H and O–H groups in total. The largest absolute Gasteiger partial charge is 0.329 e. The van der Waals surface area contributed by atoms with Crippen LogP contribution < -0.4 is 5.56 Å². The van der Waals surface area contributed by atoms with Gasteiger partial charge in [0.2, 0.25) is 0 Å². The third-order valence-corrected chi connectivity index (χ3v) is 1.82. The molecule has 2 heterocycles. The molecule has 2 aromatic heterocycles. The van der Waals surface area contributed by atoms with Gasteiger partial charge in [-0.25, -0.2) is 0 Å². The first-order chi connectivity index (χ1) is 6.75. The van der Waals surface area contributed by atoms with E-state index in [0.29, 0.717) is 11.5 Å². The van der Waals surface area contributed by atoms with Crippen LogP contribution in [0.1, 0.15) is 0 Å². The number of aromatic amines is 1. The second-order valence-electron chi connectivity index (χ2n) is 2.63. The highest BCUT2D eigenvalue weighted by Gasteiger charge is 2.02. The molecular weight excluding hydrogens is 202 g/mol. The molecule has 5 heteroatoms. The van der Waals surface area contributed by atoms with Crippen molar-refractivity contribution in [3.8, 4) is 11.5 Å². The summed E-state index contributed by atoms with van der Waals surface area (Å²) in [5, 5.41) is 0.255. The van der Waals surface area contributed by atoms with Crippen LogP contribution in [0.4, 0.5) is 0 Å². The minimum atomic E-state index is -0.380. The average molecular weight is 208 g/mol. The molecule has 14 heavy (non-hydrogen) atoms.